The summed E-state index contributed by atoms with van der Waals surface area (Å²) in [4.78, 5) is 0. The van der Waals surface area contributed by atoms with Gasteiger partial charge in [-0.2, -0.15) is 18.3 Å². The van der Waals surface area contributed by atoms with Crippen LogP contribution in [-0.2, 0) is 6.42 Å². The van der Waals surface area contributed by atoms with E-state index in [0.717, 1.165) is 4.68 Å². The number of hydrogen-bond acceptors (Lipinski definition) is 2. The average Bonchev–Trinajstić information content (AvgIpc) is 2.54. The van der Waals surface area contributed by atoms with Gasteiger partial charge in [0.25, 0.3) is 0 Å². The van der Waals surface area contributed by atoms with E-state index in [9.17, 15) is 13.2 Å². The number of anilines is 1. The highest BCUT2D eigenvalue weighted by Gasteiger charge is 2.44. The van der Waals surface area contributed by atoms with Crippen molar-refractivity contribution in [3.63, 3.8) is 0 Å². The number of aromatic nitrogens is 2. The van der Waals surface area contributed by atoms with E-state index < -0.39 is 12.2 Å². The van der Waals surface area contributed by atoms with Gasteiger partial charge < -0.3 is 5.32 Å². The van der Waals surface area contributed by atoms with Crippen LogP contribution in [0.2, 0.25) is 0 Å². The Labute approximate surface area is 99.1 Å². The van der Waals surface area contributed by atoms with Crippen molar-refractivity contribution in [2.24, 2.45) is 0 Å². The molecule has 0 saturated carbocycles. The van der Waals surface area contributed by atoms with Gasteiger partial charge in [-0.05, 0) is 28.8 Å². The minimum absolute atomic E-state index is 0.0216. The summed E-state index contributed by atoms with van der Waals surface area (Å²) in [7, 11) is 0. The molecule has 90 valence electrons. The molecule has 1 aliphatic heterocycles. The van der Waals surface area contributed by atoms with Crippen molar-refractivity contribution >= 4 is 21.7 Å². The Morgan fingerprint density at radius 2 is 2.25 bits per heavy atom. The van der Waals surface area contributed by atoms with Gasteiger partial charge in [-0.1, -0.05) is 6.92 Å². The van der Waals surface area contributed by atoms with Gasteiger partial charge in [-0.15, -0.1) is 0 Å². The van der Waals surface area contributed by atoms with E-state index in [-0.39, 0.29) is 6.42 Å². The second-order valence-electron chi connectivity index (χ2n) is 3.68. The number of nitrogens with zero attached hydrogens (tertiary/aromatic N) is 2. The van der Waals surface area contributed by atoms with Crippen LogP contribution in [0.1, 0.15) is 25.1 Å². The predicted octanol–water partition coefficient (Wildman–Crippen LogP) is 3.13. The van der Waals surface area contributed by atoms with Gasteiger partial charge in [0.05, 0.1) is 10.2 Å². The molecule has 1 aromatic heterocycles. The number of nitrogens with one attached hydrogen (secondary N) is 1. The van der Waals surface area contributed by atoms with Crippen LogP contribution in [0, 0.1) is 0 Å². The first-order valence-corrected chi connectivity index (χ1v) is 5.82. The first-order chi connectivity index (χ1) is 7.45. The molecule has 7 heteroatoms. The fourth-order valence-corrected chi connectivity index (χ4v) is 2.50. The van der Waals surface area contributed by atoms with Crippen molar-refractivity contribution < 1.29 is 13.2 Å². The van der Waals surface area contributed by atoms with Gasteiger partial charge in [0.15, 0.2) is 6.04 Å². The lowest BCUT2D eigenvalue weighted by Gasteiger charge is -2.27. The first-order valence-electron chi connectivity index (χ1n) is 5.02. The van der Waals surface area contributed by atoms with E-state index >= 15 is 0 Å². The molecule has 1 N–H and O–H groups in total. The molecule has 0 aliphatic carbocycles. The molecule has 16 heavy (non-hydrogen) atoms. The van der Waals surface area contributed by atoms with E-state index in [1.165, 1.54) is 0 Å². The Kier molecular flexibility index (Phi) is 2.90. The smallest absolute Gasteiger partial charge is 0.369 e. The van der Waals surface area contributed by atoms with Crippen LogP contribution in [0.25, 0.3) is 0 Å². The molecule has 3 nitrogen and oxygen atoms in total. The third kappa shape index (κ3) is 1.81. The zero-order valence-electron chi connectivity index (χ0n) is 8.60. The summed E-state index contributed by atoms with van der Waals surface area (Å²) < 4.78 is 40.0. The Morgan fingerprint density at radius 3 is 2.81 bits per heavy atom. The monoisotopic (exact) mass is 297 g/mol. The van der Waals surface area contributed by atoms with Crippen LogP contribution >= 0.6 is 15.9 Å². The van der Waals surface area contributed by atoms with Crippen LogP contribution in [0.4, 0.5) is 19.0 Å². The number of hydrogen-bond donors (Lipinski definition) is 1. The fourth-order valence-electron chi connectivity index (χ4n) is 1.82. The molecule has 2 rings (SSSR count). The van der Waals surface area contributed by atoms with Gasteiger partial charge in [0.2, 0.25) is 0 Å². The highest BCUT2D eigenvalue weighted by atomic mass is 79.9. The summed E-state index contributed by atoms with van der Waals surface area (Å²) in [6, 6.07) is -1.51. The van der Waals surface area contributed by atoms with E-state index in [2.05, 4.69) is 26.3 Å². The molecular formula is C9H11BrF3N3. The highest BCUT2D eigenvalue weighted by molar-refractivity contribution is 9.10. The second kappa shape index (κ2) is 3.94. The Hall–Kier alpha value is -0.720. The maximum absolute atomic E-state index is 12.8. The standard InChI is InChI=1S/C9H11BrF3N3/c1-2-5-7(10)8-14-4-3-6(9(11,12)13)16(8)15-5/h6,14H,2-4H2,1H3. The molecule has 0 saturated heterocycles. The van der Waals surface area contributed by atoms with Gasteiger partial charge in [-0.3, -0.25) is 0 Å². The second-order valence-corrected chi connectivity index (χ2v) is 4.47. The summed E-state index contributed by atoms with van der Waals surface area (Å²) in [5.74, 6) is 0.436. The SMILES string of the molecule is CCc1nn2c(c1Br)NCCC2C(F)(F)F. The summed E-state index contributed by atoms with van der Waals surface area (Å²) in [6.45, 7) is 2.18. The lowest BCUT2D eigenvalue weighted by atomic mass is 10.1. The summed E-state index contributed by atoms with van der Waals surface area (Å²) in [5.41, 5.74) is 0.652. The lowest BCUT2D eigenvalue weighted by Crippen LogP contribution is -2.34. The predicted molar refractivity (Wildman–Crippen MR) is 57.5 cm³/mol. The van der Waals surface area contributed by atoms with Crippen LogP contribution in [0.15, 0.2) is 4.47 Å². The summed E-state index contributed by atoms with van der Waals surface area (Å²) in [6.07, 6.45) is -3.62. The molecule has 1 atom stereocenters. The van der Waals surface area contributed by atoms with Crippen molar-refractivity contribution in [2.45, 2.75) is 32.0 Å². The molecular weight excluding hydrogens is 287 g/mol. The first kappa shape index (κ1) is 11.8. The molecule has 2 heterocycles. The van der Waals surface area contributed by atoms with E-state index in [4.69, 9.17) is 0 Å². The van der Waals surface area contributed by atoms with Crippen LogP contribution < -0.4 is 5.32 Å². The molecule has 1 unspecified atom stereocenters. The van der Waals surface area contributed by atoms with Gasteiger partial charge in [-0.25, -0.2) is 4.68 Å². The number of fused-ring (bicyclic) bond motifs is 1. The molecule has 0 fully saturated rings. The van der Waals surface area contributed by atoms with E-state index in [1.54, 1.807) is 0 Å². The van der Waals surface area contributed by atoms with Crippen molar-refractivity contribution in [3.8, 4) is 0 Å². The van der Waals surface area contributed by atoms with Crippen LogP contribution in [0.3, 0.4) is 0 Å². The third-order valence-electron chi connectivity index (χ3n) is 2.64. The minimum atomic E-state index is -4.24. The normalized spacial score (nSPS) is 20.4. The van der Waals surface area contributed by atoms with Crippen molar-refractivity contribution in [1.82, 2.24) is 9.78 Å². The molecule has 0 aromatic carbocycles. The van der Waals surface area contributed by atoms with Crippen molar-refractivity contribution in [3.05, 3.63) is 10.2 Å². The molecule has 0 spiro atoms. The number of alkyl halides is 3. The third-order valence-corrected chi connectivity index (χ3v) is 3.47. The molecule has 0 amide bonds. The van der Waals surface area contributed by atoms with E-state index in [0.29, 0.717) is 29.0 Å². The zero-order valence-corrected chi connectivity index (χ0v) is 10.2. The molecule has 1 aromatic rings. The van der Waals surface area contributed by atoms with Crippen LogP contribution in [-0.4, -0.2) is 22.5 Å². The van der Waals surface area contributed by atoms with Gasteiger partial charge in [0.1, 0.15) is 5.82 Å². The molecule has 0 radical (unpaired) electrons. The maximum Gasteiger partial charge on any atom is 0.410 e. The molecule has 1 aliphatic rings. The topological polar surface area (TPSA) is 29.9 Å². The summed E-state index contributed by atoms with van der Waals surface area (Å²) >= 11 is 3.28. The van der Waals surface area contributed by atoms with E-state index in [1.807, 2.05) is 6.92 Å². The quantitative estimate of drug-likeness (QED) is 0.863. The van der Waals surface area contributed by atoms with Gasteiger partial charge >= 0.3 is 6.18 Å². The Morgan fingerprint density at radius 1 is 1.56 bits per heavy atom. The maximum atomic E-state index is 12.8. The largest absolute Gasteiger partial charge is 0.410 e. The Balaban J connectivity index is 2.47. The lowest BCUT2D eigenvalue weighted by molar-refractivity contribution is -0.171. The van der Waals surface area contributed by atoms with Crippen molar-refractivity contribution in [1.29, 1.82) is 0 Å². The zero-order chi connectivity index (χ0) is 11.9. The number of halogens is 4. The fraction of sp³-hybridized carbons (Fsp3) is 0.667. The number of rotatable bonds is 1. The minimum Gasteiger partial charge on any atom is -0.369 e. The average molecular weight is 298 g/mol. The number of aryl methyl sites for hydroxylation is 1. The highest BCUT2D eigenvalue weighted by Crippen LogP contribution is 2.40. The van der Waals surface area contributed by atoms with Crippen molar-refractivity contribution in [2.75, 3.05) is 11.9 Å². The van der Waals surface area contributed by atoms with Gasteiger partial charge in [0, 0.05) is 6.54 Å². The Bertz CT molecular complexity index is 399. The molecule has 0 bridgehead atoms. The summed E-state index contributed by atoms with van der Waals surface area (Å²) in [5, 5.41) is 6.95. The van der Waals surface area contributed by atoms with Crippen LogP contribution in [0.5, 0.6) is 0 Å².